The molecule has 2 amide bonds. The lowest BCUT2D eigenvalue weighted by molar-refractivity contribution is -0.125. The van der Waals surface area contributed by atoms with Gasteiger partial charge in [0.25, 0.3) is 0 Å². The Morgan fingerprint density at radius 3 is 2.48 bits per heavy atom. The van der Waals surface area contributed by atoms with E-state index in [2.05, 4.69) is 50.4 Å². The monoisotopic (exact) mass is 585 g/mol. The molecule has 1 aliphatic heterocycles. The summed E-state index contributed by atoms with van der Waals surface area (Å²) in [5, 5.41) is 5.36. The minimum absolute atomic E-state index is 0.192. The Balaban J connectivity index is 1.07. The number of rotatable bonds is 8. The summed E-state index contributed by atoms with van der Waals surface area (Å²) >= 11 is 1.74. The van der Waals surface area contributed by atoms with Gasteiger partial charge in [-0.2, -0.15) is 0 Å². The predicted molar refractivity (Wildman–Crippen MR) is 159 cm³/mol. The Bertz CT molecular complexity index is 1730. The van der Waals surface area contributed by atoms with E-state index in [4.69, 9.17) is 4.98 Å². The van der Waals surface area contributed by atoms with Gasteiger partial charge < -0.3 is 10.6 Å². The molecule has 5 aromatic rings. The molecule has 6 rings (SSSR count). The fourth-order valence-electron chi connectivity index (χ4n) is 5.19. The number of carbonyl (C=O) groups is 2. The third-order valence-corrected chi connectivity index (χ3v) is 8.44. The van der Waals surface area contributed by atoms with Gasteiger partial charge in [-0.25, -0.2) is 13.8 Å². The summed E-state index contributed by atoms with van der Waals surface area (Å²) in [6, 6.07) is 20.0. The maximum absolute atomic E-state index is 13.4. The van der Waals surface area contributed by atoms with E-state index in [0.29, 0.717) is 5.69 Å². The molecule has 0 unspecified atom stereocenters. The second kappa shape index (κ2) is 11.8. The number of nitrogens with zero attached hydrogens (tertiary/aromatic N) is 3. The number of benzene rings is 3. The summed E-state index contributed by atoms with van der Waals surface area (Å²) in [6.45, 7) is 4.37. The molecule has 1 aliphatic rings. The molecule has 10 heteroatoms. The number of imidazole rings is 1. The van der Waals surface area contributed by atoms with Crippen LogP contribution in [0.25, 0.3) is 16.2 Å². The zero-order valence-electron chi connectivity index (χ0n) is 22.9. The minimum atomic E-state index is -0.844. The smallest absolute Gasteiger partial charge is 0.246 e. The van der Waals surface area contributed by atoms with Crippen molar-refractivity contribution in [2.75, 3.05) is 11.9 Å². The summed E-state index contributed by atoms with van der Waals surface area (Å²) < 4.78 is 29.0. The maximum Gasteiger partial charge on any atom is 0.246 e. The Hall–Kier alpha value is -4.41. The second-order valence-corrected chi connectivity index (χ2v) is 11.6. The van der Waals surface area contributed by atoms with Crippen molar-refractivity contribution in [3.8, 4) is 11.3 Å². The van der Waals surface area contributed by atoms with E-state index in [1.165, 1.54) is 16.1 Å². The highest BCUT2D eigenvalue weighted by atomic mass is 32.1. The number of thiazole rings is 1. The van der Waals surface area contributed by atoms with Crippen LogP contribution in [0.2, 0.25) is 0 Å². The molecule has 0 aliphatic carbocycles. The van der Waals surface area contributed by atoms with Crippen molar-refractivity contribution in [1.29, 1.82) is 0 Å². The number of amides is 2. The predicted octanol–water partition coefficient (Wildman–Crippen LogP) is 5.59. The van der Waals surface area contributed by atoms with Gasteiger partial charge in [-0.1, -0.05) is 42.5 Å². The summed E-state index contributed by atoms with van der Waals surface area (Å²) in [5.41, 5.74) is 5.15. The largest absolute Gasteiger partial charge is 0.344 e. The van der Waals surface area contributed by atoms with Crippen molar-refractivity contribution in [3.05, 3.63) is 112 Å². The fraction of sp³-hybridized carbons (Fsp3) is 0.219. The molecule has 3 heterocycles. The molecule has 0 saturated heterocycles. The molecule has 0 bridgehead atoms. The topological polar surface area (TPSA) is 78.7 Å². The third-order valence-electron chi connectivity index (χ3n) is 7.28. The lowest BCUT2D eigenvalue weighted by Crippen LogP contribution is -2.42. The van der Waals surface area contributed by atoms with Crippen LogP contribution in [0.15, 0.2) is 79.0 Å². The van der Waals surface area contributed by atoms with Crippen LogP contribution >= 0.6 is 11.3 Å². The molecular weight excluding hydrogens is 556 g/mol. The van der Waals surface area contributed by atoms with E-state index in [1.54, 1.807) is 30.4 Å². The van der Waals surface area contributed by atoms with Gasteiger partial charge in [0.15, 0.2) is 4.96 Å². The van der Waals surface area contributed by atoms with Gasteiger partial charge in [-0.3, -0.25) is 18.9 Å². The van der Waals surface area contributed by atoms with Crippen molar-refractivity contribution in [2.45, 2.75) is 38.9 Å². The van der Waals surface area contributed by atoms with Gasteiger partial charge in [0, 0.05) is 48.0 Å². The normalized spacial score (nSPS) is 14.0. The van der Waals surface area contributed by atoms with Crippen LogP contribution < -0.4 is 10.6 Å². The molecule has 42 heavy (non-hydrogen) atoms. The van der Waals surface area contributed by atoms with Gasteiger partial charge in [0.2, 0.25) is 11.8 Å². The zero-order valence-corrected chi connectivity index (χ0v) is 23.8. The molecule has 2 N–H and O–H groups in total. The molecule has 1 atom stereocenters. The average Bonchev–Trinajstić information content (AvgIpc) is 3.52. The number of anilines is 1. The van der Waals surface area contributed by atoms with Crippen LogP contribution in [0.5, 0.6) is 0 Å². The lowest BCUT2D eigenvalue weighted by Gasteiger charge is -2.26. The highest BCUT2D eigenvalue weighted by molar-refractivity contribution is 7.17. The van der Waals surface area contributed by atoms with Crippen molar-refractivity contribution in [2.24, 2.45) is 0 Å². The number of fused-ring (bicyclic) bond motifs is 3. The van der Waals surface area contributed by atoms with Crippen LogP contribution in [-0.4, -0.2) is 38.7 Å². The number of nitrogens with one attached hydrogen (secondary N) is 2. The quantitative estimate of drug-likeness (QED) is 0.249. The lowest BCUT2D eigenvalue weighted by atomic mass is 10.1. The molecule has 3 aromatic carbocycles. The first-order valence-corrected chi connectivity index (χ1v) is 14.5. The van der Waals surface area contributed by atoms with E-state index in [0.717, 1.165) is 60.5 Å². The molecule has 0 spiro atoms. The standard InChI is InChI=1S/C32H29F2N5O2S/c1-20(35-30(40)15-22-13-24(33)16-25(34)14-22)31(41)36-26-9-7-23(8-10-26)27-18-39-28-19-38(17-21-5-3-2-4-6-21)12-11-29(28)42-32(39)37-27/h2-10,13-14,16,18,20H,11-12,15,17,19H2,1H3,(H,35,40)(H,36,41)/t20-/m0/s1. The van der Waals surface area contributed by atoms with Crippen LogP contribution in [0, 0.1) is 11.6 Å². The molecule has 0 radical (unpaired) electrons. The highest BCUT2D eigenvalue weighted by Crippen LogP contribution is 2.32. The van der Waals surface area contributed by atoms with Crippen LogP contribution in [-0.2, 0) is 35.5 Å². The van der Waals surface area contributed by atoms with Gasteiger partial charge in [-0.05, 0) is 48.7 Å². The van der Waals surface area contributed by atoms with Crippen LogP contribution in [0.3, 0.4) is 0 Å². The summed E-state index contributed by atoms with van der Waals surface area (Å²) in [6.07, 6.45) is 2.85. The number of carbonyl (C=O) groups excluding carboxylic acids is 2. The van der Waals surface area contributed by atoms with E-state index < -0.39 is 29.5 Å². The molecular formula is C32H29F2N5O2S. The maximum atomic E-state index is 13.4. The van der Waals surface area contributed by atoms with Gasteiger partial charge in [0.05, 0.1) is 17.8 Å². The minimum Gasteiger partial charge on any atom is -0.344 e. The van der Waals surface area contributed by atoms with E-state index >= 15 is 0 Å². The number of aromatic nitrogens is 2. The van der Waals surface area contributed by atoms with E-state index in [9.17, 15) is 18.4 Å². The Labute approximate surface area is 245 Å². The highest BCUT2D eigenvalue weighted by Gasteiger charge is 2.23. The third kappa shape index (κ3) is 6.24. The SMILES string of the molecule is C[C@H](NC(=O)Cc1cc(F)cc(F)c1)C(=O)Nc1ccc(-c2cn3c4c(sc3n2)CCN(Cc2ccccc2)C4)cc1. The van der Waals surface area contributed by atoms with E-state index in [1.807, 2.05) is 18.2 Å². The van der Waals surface area contributed by atoms with Gasteiger partial charge in [0.1, 0.15) is 17.7 Å². The molecule has 2 aromatic heterocycles. The van der Waals surface area contributed by atoms with Crippen molar-refractivity contribution >= 4 is 33.8 Å². The Morgan fingerprint density at radius 1 is 1.00 bits per heavy atom. The number of hydrogen-bond donors (Lipinski definition) is 2. The van der Waals surface area contributed by atoms with Gasteiger partial charge >= 0.3 is 0 Å². The Kier molecular flexibility index (Phi) is 7.82. The summed E-state index contributed by atoms with van der Waals surface area (Å²) in [4.78, 5) is 34.7. The second-order valence-electron chi connectivity index (χ2n) is 10.5. The first-order valence-electron chi connectivity index (χ1n) is 13.7. The van der Waals surface area contributed by atoms with Crippen molar-refractivity contribution in [1.82, 2.24) is 19.6 Å². The summed E-state index contributed by atoms with van der Waals surface area (Å²) in [7, 11) is 0. The first-order chi connectivity index (χ1) is 20.3. The van der Waals surface area contributed by atoms with Crippen molar-refractivity contribution < 1.29 is 18.4 Å². The van der Waals surface area contributed by atoms with E-state index in [-0.39, 0.29) is 12.0 Å². The van der Waals surface area contributed by atoms with Gasteiger partial charge in [-0.15, -0.1) is 11.3 Å². The molecule has 214 valence electrons. The zero-order chi connectivity index (χ0) is 29.2. The Morgan fingerprint density at radius 2 is 1.74 bits per heavy atom. The van der Waals surface area contributed by atoms with Crippen LogP contribution in [0.4, 0.5) is 14.5 Å². The average molecular weight is 586 g/mol. The van der Waals surface area contributed by atoms with Crippen molar-refractivity contribution in [3.63, 3.8) is 0 Å². The van der Waals surface area contributed by atoms with Crippen LogP contribution in [0.1, 0.15) is 28.6 Å². The molecule has 0 fully saturated rings. The first kappa shape index (κ1) is 27.7. The number of hydrogen-bond acceptors (Lipinski definition) is 5. The number of halogens is 2. The molecule has 7 nitrogen and oxygen atoms in total. The molecule has 0 saturated carbocycles. The summed E-state index contributed by atoms with van der Waals surface area (Å²) in [5.74, 6) is -2.43. The fourth-order valence-corrected chi connectivity index (χ4v) is 6.29.